The number of aliphatic hydroxyl groups excluding tert-OH is 2. The average Bonchev–Trinajstić information content (AvgIpc) is 3.79. The van der Waals surface area contributed by atoms with E-state index >= 15 is 4.79 Å². The Bertz CT molecular complexity index is 1960. The van der Waals surface area contributed by atoms with Crippen LogP contribution in [-0.4, -0.2) is 84.2 Å². The number of oxime groups is 1. The van der Waals surface area contributed by atoms with Crippen LogP contribution in [0.3, 0.4) is 0 Å². The summed E-state index contributed by atoms with van der Waals surface area (Å²) in [6.45, 7) is 17.4. The highest BCUT2D eigenvalue weighted by Gasteiger charge is 2.66. The van der Waals surface area contributed by atoms with Crippen molar-refractivity contribution in [2.75, 3.05) is 39.8 Å². The molecule has 2 aliphatic carbocycles. The number of amides is 1. The summed E-state index contributed by atoms with van der Waals surface area (Å²) >= 11 is 0. The first-order chi connectivity index (χ1) is 32.6. The van der Waals surface area contributed by atoms with Crippen molar-refractivity contribution < 1.29 is 48.3 Å². The van der Waals surface area contributed by atoms with Crippen molar-refractivity contribution >= 4 is 11.8 Å². The highest BCUT2D eigenvalue weighted by Crippen LogP contribution is 2.62. The van der Waals surface area contributed by atoms with E-state index in [9.17, 15) is 10.2 Å². The van der Waals surface area contributed by atoms with E-state index in [1.54, 1.807) is 17.1 Å². The highest BCUT2D eigenvalue weighted by atomic mass is 16.7. The zero-order chi connectivity index (χ0) is 47.7. The van der Waals surface area contributed by atoms with Crippen LogP contribution in [0.15, 0.2) is 78.5 Å². The molecule has 67 heavy (non-hydrogen) atoms. The molecule has 2 heterocycles. The number of benzene rings is 2. The van der Waals surface area contributed by atoms with E-state index < -0.39 is 29.4 Å². The van der Waals surface area contributed by atoms with Crippen LogP contribution >= 0.6 is 0 Å². The van der Waals surface area contributed by atoms with Gasteiger partial charge in [0.15, 0.2) is 11.5 Å². The molecule has 2 aliphatic heterocycles. The van der Waals surface area contributed by atoms with E-state index in [4.69, 9.17) is 38.4 Å². The van der Waals surface area contributed by atoms with Gasteiger partial charge in [-0.1, -0.05) is 114 Å². The monoisotopic (exact) mass is 929 g/mol. The minimum atomic E-state index is -1.44. The number of hydrogen-bond acceptors (Lipinski definition) is 11. The molecule has 370 valence electrons. The van der Waals surface area contributed by atoms with Crippen molar-refractivity contribution in [3.63, 3.8) is 0 Å². The van der Waals surface area contributed by atoms with Crippen molar-refractivity contribution in [1.29, 1.82) is 0 Å². The standard InChI is InChI=1S/C55H80N2O10/c1-7-10-11-12-13-14-15-16-17-22-33-62-53(60)57(38-40-25-27-48-49(34-40)64-39-63-48)50-37-46(56-67-54(4,5)6)44-35-41(23-18-20-29-58)43(24-19-21-30-59)51-45-36-42(61-31-8-2)26-28-47(45)66-55(50,52(44)51)65-32-9-3/h8-9,25-28,34-36,41,43,50-52,58-59H,2-3,7,10-24,29-33,37-39H2,1,4-6H3/t41-,43+,50-,51+,52+,55+/m0/s1. The molecule has 12 nitrogen and oxygen atoms in total. The quantitative estimate of drug-likeness (QED) is 0.0461. The van der Waals surface area contributed by atoms with Crippen molar-refractivity contribution in [3.05, 3.63) is 84.5 Å². The van der Waals surface area contributed by atoms with Gasteiger partial charge in [0.1, 0.15) is 29.7 Å². The Balaban J connectivity index is 1.46. The fourth-order valence-electron chi connectivity index (χ4n) is 10.5. The summed E-state index contributed by atoms with van der Waals surface area (Å²) in [4.78, 5) is 23.2. The van der Waals surface area contributed by atoms with Crippen LogP contribution in [0.1, 0.15) is 154 Å². The Morgan fingerprint density at radius 2 is 1.54 bits per heavy atom. The summed E-state index contributed by atoms with van der Waals surface area (Å²) in [6, 6.07) is 11.0. The second-order valence-electron chi connectivity index (χ2n) is 19.7. The van der Waals surface area contributed by atoms with E-state index in [2.05, 4.69) is 32.2 Å². The zero-order valence-electron chi connectivity index (χ0n) is 41.0. The molecule has 0 radical (unpaired) electrons. The third-order valence-corrected chi connectivity index (χ3v) is 13.6. The normalized spacial score (nSPS) is 23.1. The topological polar surface area (TPSA) is 138 Å². The van der Waals surface area contributed by atoms with Crippen molar-refractivity contribution in [2.24, 2.45) is 22.9 Å². The third kappa shape index (κ3) is 13.6. The summed E-state index contributed by atoms with van der Waals surface area (Å²) in [5, 5.41) is 25.0. The first kappa shape index (κ1) is 51.9. The maximum atomic E-state index is 15.1. The third-order valence-electron chi connectivity index (χ3n) is 13.6. The SMILES string of the molecule is C=CCOc1ccc2c(c1)[C@H]1[C@H](CCCCO)[C@@H](CCCCO)C=C3C(=NOC(C)(C)C)C[C@H](N(Cc4ccc5c(c4)OCO5)C(=O)OCCCCCCCCCCCC)[C@@](OCC=C)(O2)[C@H]31. The lowest BCUT2D eigenvalue weighted by Gasteiger charge is -2.60. The molecule has 1 amide bonds. The Kier molecular flexibility index (Phi) is 19.9. The molecule has 0 aromatic heterocycles. The van der Waals surface area contributed by atoms with E-state index in [1.807, 2.05) is 51.1 Å². The van der Waals surface area contributed by atoms with Crippen LogP contribution in [0.4, 0.5) is 4.79 Å². The number of unbranched alkanes of at least 4 members (excludes halogenated alkanes) is 11. The van der Waals surface area contributed by atoms with Gasteiger partial charge in [0.25, 0.3) is 0 Å². The molecular weight excluding hydrogens is 849 g/mol. The van der Waals surface area contributed by atoms with Gasteiger partial charge < -0.3 is 43.5 Å². The lowest BCUT2D eigenvalue weighted by Crippen LogP contribution is -2.70. The van der Waals surface area contributed by atoms with Crippen LogP contribution in [0.2, 0.25) is 0 Å². The average molecular weight is 929 g/mol. The molecule has 1 fully saturated rings. The van der Waals surface area contributed by atoms with Gasteiger partial charge in [-0.3, -0.25) is 4.90 Å². The van der Waals surface area contributed by atoms with Crippen molar-refractivity contribution in [3.8, 4) is 23.0 Å². The van der Waals surface area contributed by atoms with Crippen LogP contribution in [-0.2, 0) is 20.9 Å². The van der Waals surface area contributed by atoms with Gasteiger partial charge in [-0.2, -0.15) is 0 Å². The first-order valence-corrected chi connectivity index (χ1v) is 25.4. The number of allylic oxidation sites excluding steroid dienone is 1. The minimum Gasteiger partial charge on any atom is -0.490 e. The maximum Gasteiger partial charge on any atom is 0.410 e. The van der Waals surface area contributed by atoms with E-state index in [1.165, 1.54) is 44.9 Å². The maximum absolute atomic E-state index is 15.1. The molecule has 2 N–H and O–H groups in total. The van der Waals surface area contributed by atoms with Crippen LogP contribution in [0, 0.1) is 17.8 Å². The van der Waals surface area contributed by atoms with Gasteiger partial charge in [0, 0.05) is 37.7 Å². The molecule has 2 aromatic rings. The molecular formula is C55H80N2O10. The number of rotatable bonds is 29. The van der Waals surface area contributed by atoms with Crippen LogP contribution in [0.25, 0.3) is 0 Å². The van der Waals surface area contributed by atoms with Crippen molar-refractivity contribution in [2.45, 2.75) is 167 Å². The number of fused-ring (bicyclic) bond motifs is 3. The van der Waals surface area contributed by atoms with E-state index in [0.717, 1.165) is 67.4 Å². The first-order valence-electron chi connectivity index (χ1n) is 25.4. The predicted octanol–water partition coefficient (Wildman–Crippen LogP) is 12.0. The van der Waals surface area contributed by atoms with Gasteiger partial charge in [0.05, 0.1) is 24.8 Å². The molecule has 1 saturated carbocycles. The largest absolute Gasteiger partial charge is 0.490 e. The molecule has 0 unspecified atom stereocenters. The molecule has 4 aliphatic rings. The summed E-state index contributed by atoms with van der Waals surface area (Å²) < 4.78 is 38.6. The fraction of sp³-hybridized carbons (Fsp3) is 0.636. The number of ether oxygens (including phenoxy) is 6. The lowest BCUT2D eigenvalue weighted by atomic mass is 9.55. The predicted molar refractivity (Wildman–Crippen MR) is 263 cm³/mol. The Hall–Kier alpha value is -4.52. The molecule has 0 bridgehead atoms. The van der Waals surface area contributed by atoms with Gasteiger partial charge >= 0.3 is 6.09 Å². The summed E-state index contributed by atoms with van der Waals surface area (Å²) in [5.41, 5.74) is 2.89. The summed E-state index contributed by atoms with van der Waals surface area (Å²) in [6.07, 6.45) is 22.0. The van der Waals surface area contributed by atoms with Crippen LogP contribution < -0.4 is 18.9 Å². The number of hydrogen-bond donors (Lipinski definition) is 2. The molecule has 0 spiro atoms. The van der Waals surface area contributed by atoms with E-state index in [-0.39, 0.29) is 63.9 Å². The smallest absolute Gasteiger partial charge is 0.410 e. The fourth-order valence-corrected chi connectivity index (χ4v) is 10.5. The number of carbonyl (C=O) groups is 1. The number of aliphatic hydroxyl groups is 2. The minimum absolute atomic E-state index is 0.0668. The number of nitrogens with zero attached hydrogens (tertiary/aromatic N) is 2. The summed E-state index contributed by atoms with van der Waals surface area (Å²) in [5.74, 6) is 0.657. The van der Waals surface area contributed by atoms with Crippen LogP contribution in [0.5, 0.6) is 23.0 Å². The van der Waals surface area contributed by atoms with Gasteiger partial charge in [-0.25, -0.2) is 4.79 Å². The number of carbonyl (C=O) groups excluding carboxylic acids is 1. The van der Waals surface area contributed by atoms with E-state index in [0.29, 0.717) is 42.4 Å². The van der Waals surface area contributed by atoms with Gasteiger partial charge in [-0.15, -0.1) is 6.58 Å². The Morgan fingerprint density at radius 1 is 0.851 bits per heavy atom. The van der Waals surface area contributed by atoms with Gasteiger partial charge in [0.2, 0.25) is 12.6 Å². The Labute approximate surface area is 400 Å². The summed E-state index contributed by atoms with van der Waals surface area (Å²) in [7, 11) is 0. The molecule has 6 rings (SSSR count). The molecule has 0 saturated heterocycles. The Morgan fingerprint density at radius 3 is 2.24 bits per heavy atom. The second-order valence-corrected chi connectivity index (χ2v) is 19.7. The van der Waals surface area contributed by atoms with Crippen molar-refractivity contribution in [1.82, 2.24) is 4.90 Å². The highest BCUT2D eigenvalue weighted by molar-refractivity contribution is 6.03. The van der Waals surface area contributed by atoms with Gasteiger partial charge in [-0.05, 0) is 106 Å². The zero-order valence-corrected chi connectivity index (χ0v) is 41.0. The lowest BCUT2D eigenvalue weighted by molar-refractivity contribution is -0.256. The molecule has 12 heteroatoms. The molecule has 2 aromatic carbocycles. The molecule has 6 atom stereocenters. The second kappa shape index (κ2) is 25.7.